The molecule has 2 aliphatic rings. The van der Waals surface area contributed by atoms with Gasteiger partial charge in [-0.15, -0.1) is 0 Å². The molecule has 1 saturated heterocycles. The van der Waals surface area contributed by atoms with Crippen molar-refractivity contribution in [2.75, 3.05) is 55.3 Å². The second-order valence-electron chi connectivity index (χ2n) is 12.7. The number of likely N-dealkylation sites (N-methyl/N-ethyl adjacent to an activating group) is 1. The minimum absolute atomic E-state index is 0.0362. The van der Waals surface area contributed by atoms with E-state index in [-0.39, 0.29) is 24.9 Å². The van der Waals surface area contributed by atoms with Crippen molar-refractivity contribution in [1.29, 1.82) is 0 Å². The van der Waals surface area contributed by atoms with Crippen molar-refractivity contribution in [3.05, 3.63) is 88.9 Å². The summed E-state index contributed by atoms with van der Waals surface area (Å²) in [5.41, 5.74) is 3.39. The van der Waals surface area contributed by atoms with E-state index in [1.807, 2.05) is 51.2 Å². The molecule has 1 fully saturated rings. The number of nitrogens with one attached hydrogen (secondary N) is 4. The summed E-state index contributed by atoms with van der Waals surface area (Å²) in [7, 11) is -2.18. The van der Waals surface area contributed by atoms with Gasteiger partial charge in [0, 0.05) is 85.3 Å². The molecule has 0 aliphatic carbocycles. The van der Waals surface area contributed by atoms with Gasteiger partial charge in [0.15, 0.2) is 5.82 Å². The van der Waals surface area contributed by atoms with Gasteiger partial charge in [0.25, 0.3) is 5.91 Å². The number of sulfonamides is 1. The minimum Gasteiger partial charge on any atom is -0.376 e. The van der Waals surface area contributed by atoms with Crippen LogP contribution in [-0.2, 0) is 22.0 Å². The van der Waals surface area contributed by atoms with Gasteiger partial charge in [0.1, 0.15) is 11.6 Å². The zero-order valence-corrected chi connectivity index (χ0v) is 27.0. The van der Waals surface area contributed by atoms with Crippen LogP contribution in [0.5, 0.6) is 0 Å². The molecule has 2 aromatic heterocycles. The van der Waals surface area contributed by atoms with Crippen molar-refractivity contribution in [1.82, 2.24) is 24.4 Å². The minimum atomic E-state index is -4.28. The number of piperazine rings is 1. The largest absolute Gasteiger partial charge is 0.376 e. The maximum atomic E-state index is 14.0. The van der Waals surface area contributed by atoms with Crippen LogP contribution in [0.2, 0.25) is 0 Å². The molecule has 4 heterocycles. The number of carbonyl (C=O) groups is 1. The predicted octanol–water partition coefficient (Wildman–Crippen LogP) is 4.68. The molecule has 0 saturated carbocycles. The third-order valence-electron chi connectivity index (χ3n) is 8.73. The first-order valence-electron chi connectivity index (χ1n) is 15.1. The second kappa shape index (κ2) is 12.2. The summed E-state index contributed by atoms with van der Waals surface area (Å²) in [6.45, 7) is 9.17. The number of benzene rings is 2. The van der Waals surface area contributed by atoms with E-state index in [1.165, 1.54) is 0 Å². The Kier molecular flexibility index (Phi) is 8.38. The number of nitrogens with zero attached hydrogens (tertiary/aromatic N) is 4. The summed E-state index contributed by atoms with van der Waals surface area (Å²) in [4.78, 5) is 21.2. The lowest BCUT2D eigenvalue weighted by molar-refractivity contribution is 0.102. The summed E-state index contributed by atoms with van der Waals surface area (Å²) in [5.74, 6) is -2.21. The molecular formula is C32H38F2N8O3S. The molecule has 1 atom stereocenters. The third kappa shape index (κ3) is 6.24. The Morgan fingerprint density at radius 1 is 1.04 bits per heavy atom. The number of aromatic amines is 2. The second-order valence-corrected chi connectivity index (χ2v) is 14.6. The van der Waals surface area contributed by atoms with E-state index in [0.29, 0.717) is 28.6 Å². The number of rotatable bonds is 8. The van der Waals surface area contributed by atoms with E-state index in [4.69, 9.17) is 0 Å². The van der Waals surface area contributed by atoms with Crippen LogP contribution in [0, 0.1) is 11.6 Å². The summed E-state index contributed by atoms with van der Waals surface area (Å²) < 4.78 is 56.2. The van der Waals surface area contributed by atoms with E-state index in [0.717, 1.165) is 54.0 Å². The van der Waals surface area contributed by atoms with E-state index in [9.17, 15) is 22.0 Å². The van der Waals surface area contributed by atoms with Crippen LogP contribution in [0.1, 0.15) is 54.1 Å². The number of hydrogen-bond acceptors (Lipinski definition) is 7. The molecular weight excluding hydrogens is 614 g/mol. The lowest BCUT2D eigenvalue weighted by Crippen LogP contribution is -2.45. The van der Waals surface area contributed by atoms with E-state index >= 15 is 0 Å². The zero-order chi connectivity index (χ0) is 32.8. The molecule has 4 N–H and O–H groups in total. The van der Waals surface area contributed by atoms with E-state index in [1.54, 1.807) is 6.07 Å². The monoisotopic (exact) mass is 652 g/mol. The number of aromatic nitrogens is 3. The Morgan fingerprint density at radius 3 is 2.43 bits per heavy atom. The van der Waals surface area contributed by atoms with Crippen LogP contribution >= 0.6 is 0 Å². The molecule has 46 heavy (non-hydrogen) atoms. The normalized spacial score (nSPS) is 17.8. The van der Waals surface area contributed by atoms with Crippen LogP contribution in [-0.4, -0.2) is 78.5 Å². The van der Waals surface area contributed by atoms with Crippen LogP contribution < -0.4 is 15.5 Å². The fourth-order valence-corrected chi connectivity index (χ4v) is 7.75. The highest BCUT2D eigenvalue weighted by molar-refractivity contribution is 7.89. The number of anilines is 3. The highest BCUT2D eigenvalue weighted by atomic mass is 32.2. The first-order valence-corrected chi connectivity index (χ1v) is 16.6. The average Bonchev–Trinajstić information content (AvgIpc) is 3.68. The maximum Gasteiger partial charge on any atom is 0.258 e. The highest BCUT2D eigenvalue weighted by Gasteiger charge is 2.41. The van der Waals surface area contributed by atoms with Crippen LogP contribution in [0.4, 0.5) is 26.0 Å². The molecule has 0 radical (unpaired) electrons. The number of fused-ring (bicyclic) bond motifs is 1. The van der Waals surface area contributed by atoms with Crippen molar-refractivity contribution in [2.45, 2.75) is 43.7 Å². The van der Waals surface area contributed by atoms with Gasteiger partial charge in [0.05, 0.1) is 16.5 Å². The van der Waals surface area contributed by atoms with Crippen molar-refractivity contribution in [2.24, 2.45) is 0 Å². The van der Waals surface area contributed by atoms with Gasteiger partial charge in [-0.1, -0.05) is 13.8 Å². The lowest BCUT2D eigenvalue weighted by Gasteiger charge is -2.37. The molecule has 2 aliphatic heterocycles. The van der Waals surface area contributed by atoms with Gasteiger partial charge < -0.3 is 25.4 Å². The molecule has 0 spiro atoms. The number of carbonyl (C=O) groups excluding carboxylic acids is 1. The SMILES string of the molecule is CC(Nc1cc(N2CCN(C)CC2)ccc1C(=O)Nc1n[nH]c2c1CN(S(=O)(=O)c1cc(F)cc(F)c1)CC2(C)C)c1ccc[nH]1. The number of amides is 1. The number of hydrogen-bond donors (Lipinski definition) is 4. The Labute approximate surface area is 267 Å². The summed E-state index contributed by atoms with van der Waals surface area (Å²) >= 11 is 0. The molecule has 6 rings (SSSR count). The van der Waals surface area contributed by atoms with Crippen molar-refractivity contribution in [3.63, 3.8) is 0 Å². The summed E-state index contributed by atoms with van der Waals surface area (Å²) in [6, 6.07) is 11.7. The van der Waals surface area contributed by atoms with Crippen LogP contribution in [0.15, 0.2) is 59.6 Å². The molecule has 14 heteroatoms. The average molecular weight is 653 g/mol. The Bertz CT molecular complexity index is 1830. The van der Waals surface area contributed by atoms with Gasteiger partial charge in [-0.05, 0) is 56.4 Å². The topological polar surface area (TPSA) is 129 Å². The Morgan fingerprint density at radius 2 is 1.76 bits per heavy atom. The summed E-state index contributed by atoms with van der Waals surface area (Å²) in [5, 5.41) is 13.7. The maximum absolute atomic E-state index is 14.0. The van der Waals surface area contributed by atoms with Gasteiger partial charge >= 0.3 is 0 Å². The fraction of sp³-hybridized carbons (Fsp3) is 0.375. The van der Waals surface area contributed by atoms with Crippen LogP contribution in [0.3, 0.4) is 0 Å². The molecule has 11 nitrogen and oxygen atoms in total. The first kappa shape index (κ1) is 31.7. The molecule has 0 bridgehead atoms. The summed E-state index contributed by atoms with van der Waals surface area (Å²) in [6.07, 6.45) is 1.85. The van der Waals surface area contributed by atoms with Gasteiger partial charge in [-0.3, -0.25) is 9.89 Å². The molecule has 1 amide bonds. The fourth-order valence-electron chi connectivity index (χ4n) is 6.14. The Balaban J connectivity index is 1.30. The lowest BCUT2D eigenvalue weighted by atomic mass is 9.84. The van der Waals surface area contributed by atoms with Crippen molar-refractivity contribution in [3.8, 4) is 0 Å². The number of halogens is 2. The van der Waals surface area contributed by atoms with E-state index < -0.39 is 37.9 Å². The molecule has 1 unspecified atom stereocenters. The van der Waals surface area contributed by atoms with Crippen molar-refractivity contribution < 1.29 is 22.0 Å². The molecule has 244 valence electrons. The molecule has 4 aromatic rings. The third-order valence-corrected chi connectivity index (χ3v) is 10.5. The van der Waals surface area contributed by atoms with Gasteiger partial charge in [0.2, 0.25) is 10.0 Å². The van der Waals surface area contributed by atoms with Gasteiger partial charge in [-0.2, -0.15) is 9.40 Å². The predicted molar refractivity (Wildman–Crippen MR) is 173 cm³/mol. The first-order chi connectivity index (χ1) is 21.8. The van der Waals surface area contributed by atoms with Crippen LogP contribution in [0.25, 0.3) is 0 Å². The number of H-pyrrole nitrogens is 2. The molecule has 2 aromatic carbocycles. The van der Waals surface area contributed by atoms with E-state index in [2.05, 4.69) is 42.7 Å². The quantitative estimate of drug-likeness (QED) is 0.218. The highest BCUT2D eigenvalue weighted by Crippen LogP contribution is 2.38. The standard InChI is InChI=1S/C32H38F2N8O3S/c1-20(27-6-5-9-35-27)36-28-17-23(41-12-10-40(4)11-13-41)7-8-25(28)31(43)37-30-26-18-42(19-32(2,3)29(26)38-39-30)46(44,45)24-15-21(33)14-22(34)16-24/h5-9,14-17,20,35-36H,10-13,18-19H2,1-4H3,(H2,37,38,39,43). The zero-order valence-electron chi connectivity index (χ0n) is 26.2. The Hall–Kier alpha value is -4.27. The van der Waals surface area contributed by atoms with Gasteiger partial charge in [-0.25, -0.2) is 17.2 Å². The smallest absolute Gasteiger partial charge is 0.258 e. The van der Waals surface area contributed by atoms with Crippen molar-refractivity contribution >= 4 is 33.1 Å².